The Morgan fingerprint density at radius 3 is 2.50 bits per heavy atom. The maximum atomic E-state index is 12.2. The Bertz CT molecular complexity index is 1070. The summed E-state index contributed by atoms with van der Waals surface area (Å²) in [5, 5.41) is 25.2. The van der Waals surface area contributed by atoms with Crippen LogP contribution in [0.4, 0.5) is 4.79 Å². The van der Waals surface area contributed by atoms with Crippen molar-refractivity contribution < 1.29 is 29.3 Å². The van der Waals surface area contributed by atoms with Crippen molar-refractivity contribution in [3.8, 4) is 0 Å². The number of carbonyl (C=O) groups excluding carboxylic acids is 2. The van der Waals surface area contributed by atoms with Crippen LogP contribution in [-0.2, 0) is 27.4 Å². The molecule has 3 aromatic rings. The molecule has 5 N–H and O–H groups in total. The summed E-state index contributed by atoms with van der Waals surface area (Å²) < 4.78 is 5.03. The molecule has 0 saturated heterocycles. The Kier molecular flexibility index (Phi) is 7.82. The molecule has 0 saturated carbocycles. The van der Waals surface area contributed by atoms with Gasteiger partial charge in [-0.05, 0) is 17.2 Å². The maximum absolute atomic E-state index is 12.2. The van der Waals surface area contributed by atoms with Gasteiger partial charge in [0.2, 0.25) is 5.91 Å². The van der Waals surface area contributed by atoms with Gasteiger partial charge in [-0.1, -0.05) is 48.5 Å². The fraction of sp³-hybridized carbons (Fsp3) is 0.261. The zero-order valence-electron chi connectivity index (χ0n) is 17.3. The Balaban J connectivity index is 1.44. The van der Waals surface area contributed by atoms with Crippen molar-refractivity contribution in [1.82, 2.24) is 15.6 Å². The Hall–Kier alpha value is -3.85. The summed E-state index contributed by atoms with van der Waals surface area (Å²) in [6, 6.07) is 15.4. The minimum Gasteiger partial charge on any atom is -0.480 e. The second-order valence-electron chi connectivity index (χ2n) is 7.32. The van der Waals surface area contributed by atoms with Crippen molar-refractivity contribution in [2.45, 2.75) is 31.6 Å². The van der Waals surface area contributed by atoms with E-state index in [0.717, 1.165) is 22.0 Å². The summed E-state index contributed by atoms with van der Waals surface area (Å²) in [6.45, 7) is -0.126. The number of carbonyl (C=O) groups is 3. The second kappa shape index (κ2) is 11.0. The molecule has 0 aliphatic heterocycles. The molecule has 0 bridgehead atoms. The molecule has 1 heterocycles. The van der Waals surface area contributed by atoms with Gasteiger partial charge in [0, 0.05) is 30.1 Å². The number of rotatable bonds is 10. The van der Waals surface area contributed by atoms with Gasteiger partial charge in [0.05, 0.1) is 12.5 Å². The number of H-pyrrole nitrogens is 1. The third-order valence-electron chi connectivity index (χ3n) is 4.85. The van der Waals surface area contributed by atoms with E-state index in [9.17, 15) is 24.6 Å². The largest absolute Gasteiger partial charge is 0.480 e. The average molecular weight is 439 g/mol. The zero-order chi connectivity index (χ0) is 22.9. The van der Waals surface area contributed by atoms with Crippen LogP contribution in [0.25, 0.3) is 10.9 Å². The number of aliphatic hydroxyl groups excluding tert-OH is 1. The lowest BCUT2D eigenvalue weighted by Gasteiger charge is -2.16. The zero-order valence-corrected chi connectivity index (χ0v) is 17.3. The Morgan fingerprint density at radius 2 is 1.75 bits per heavy atom. The highest BCUT2D eigenvalue weighted by molar-refractivity contribution is 5.86. The molecular formula is C23H25N3O6. The van der Waals surface area contributed by atoms with Crippen LogP contribution in [0.3, 0.4) is 0 Å². The Labute approximate surface area is 184 Å². The van der Waals surface area contributed by atoms with Gasteiger partial charge in [0.15, 0.2) is 0 Å². The van der Waals surface area contributed by atoms with E-state index in [1.807, 2.05) is 54.6 Å². The number of fused-ring (bicyclic) bond motifs is 1. The van der Waals surface area contributed by atoms with E-state index >= 15 is 0 Å². The fourth-order valence-electron chi connectivity index (χ4n) is 3.24. The molecule has 32 heavy (non-hydrogen) atoms. The number of para-hydroxylation sites is 1. The lowest BCUT2D eigenvalue weighted by molar-refractivity contribution is -0.142. The standard InChI is InChI=1S/C23H25N3O6/c27-17(13-25-23(31)32-14-15-6-2-1-3-7-15)11-21(28)26-20(22(29)30)10-16-12-24-19-9-5-4-8-18(16)19/h1-9,12,17,20,24,27H,10-11,13-14H2,(H,25,31)(H,26,28)(H,29,30)/t17-,20+/m1/s1. The predicted molar refractivity (Wildman–Crippen MR) is 117 cm³/mol. The number of aromatic nitrogens is 1. The highest BCUT2D eigenvalue weighted by Gasteiger charge is 2.23. The number of carboxylic acids is 1. The molecule has 168 valence electrons. The first-order valence-electron chi connectivity index (χ1n) is 10.1. The SMILES string of the molecule is O=C(C[C@@H](O)CNC(=O)OCc1ccccc1)N[C@@H](Cc1c[nH]c2ccccc12)C(=O)O. The number of hydrogen-bond acceptors (Lipinski definition) is 5. The molecule has 0 spiro atoms. The van der Waals surface area contributed by atoms with Crippen molar-refractivity contribution in [2.24, 2.45) is 0 Å². The van der Waals surface area contributed by atoms with Crippen LogP contribution in [0.5, 0.6) is 0 Å². The van der Waals surface area contributed by atoms with Crippen molar-refractivity contribution >= 4 is 28.9 Å². The minimum atomic E-state index is -1.19. The molecule has 0 fully saturated rings. The average Bonchev–Trinajstić information content (AvgIpc) is 3.19. The number of aliphatic hydroxyl groups is 1. The normalized spacial score (nSPS) is 12.7. The third-order valence-corrected chi connectivity index (χ3v) is 4.85. The van der Waals surface area contributed by atoms with E-state index in [1.54, 1.807) is 6.20 Å². The van der Waals surface area contributed by atoms with Crippen LogP contribution in [-0.4, -0.2) is 51.9 Å². The van der Waals surface area contributed by atoms with Gasteiger partial charge in [-0.3, -0.25) is 4.79 Å². The van der Waals surface area contributed by atoms with Gasteiger partial charge in [-0.15, -0.1) is 0 Å². The fourth-order valence-corrected chi connectivity index (χ4v) is 3.24. The van der Waals surface area contributed by atoms with E-state index < -0.39 is 30.1 Å². The maximum Gasteiger partial charge on any atom is 0.407 e. The van der Waals surface area contributed by atoms with Crippen LogP contribution in [0.15, 0.2) is 60.8 Å². The molecule has 0 radical (unpaired) electrons. The quantitative estimate of drug-likeness (QED) is 0.327. The molecule has 1 aromatic heterocycles. The molecule has 0 aliphatic carbocycles. The van der Waals surface area contributed by atoms with E-state index in [2.05, 4.69) is 15.6 Å². The van der Waals surface area contributed by atoms with E-state index in [1.165, 1.54) is 0 Å². The summed E-state index contributed by atoms with van der Waals surface area (Å²) in [4.78, 5) is 38.7. The number of hydrogen-bond donors (Lipinski definition) is 5. The molecule has 9 nitrogen and oxygen atoms in total. The molecule has 2 aromatic carbocycles. The molecule has 3 rings (SSSR count). The van der Waals surface area contributed by atoms with Gasteiger partial charge < -0.3 is 30.6 Å². The van der Waals surface area contributed by atoms with Gasteiger partial charge in [-0.25, -0.2) is 9.59 Å². The van der Waals surface area contributed by atoms with Gasteiger partial charge >= 0.3 is 12.1 Å². The van der Waals surface area contributed by atoms with Crippen molar-refractivity contribution in [3.63, 3.8) is 0 Å². The second-order valence-corrected chi connectivity index (χ2v) is 7.32. The number of alkyl carbamates (subject to hydrolysis) is 1. The smallest absolute Gasteiger partial charge is 0.407 e. The summed E-state index contributed by atoms with van der Waals surface area (Å²) in [7, 11) is 0. The first-order chi connectivity index (χ1) is 15.4. The number of carboxylic acid groups (broad SMARTS) is 1. The summed E-state index contributed by atoms with van der Waals surface area (Å²) in [5.74, 6) is -1.81. The summed E-state index contributed by atoms with van der Waals surface area (Å²) in [6.07, 6.45) is -0.480. The highest BCUT2D eigenvalue weighted by Crippen LogP contribution is 2.19. The van der Waals surface area contributed by atoms with Crippen molar-refractivity contribution in [1.29, 1.82) is 0 Å². The van der Waals surface area contributed by atoms with E-state index in [0.29, 0.717) is 0 Å². The van der Waals surface area contributed by atoms with E-state index in [4.69, 9.17) is 4.74 Å². The number of benzene rings is 2. The summed E-state index contributed by atoms with van der Waals surface area (Å²) in [5.41, 5.74) is 2.45. The van der Waals surface area contributed by atoms with Crippen LogP contribution in [0, 0.1) is 0 Å². The van der Waals surface area contributed by atoms with Crippen LogP contribution in [0.1, 0.15) is 17.5 Å². The lowest BCUT2D eigenvalue weighted by Crippen LogP contribution is -2.44. The van der Waals surface area contributed by atoms with Gasteiger partial charge in [-0.2, -0.15) is 0 Å². The van der Waals surface area contributed by atoms with Crippen molar-refractivity contribution in [3.05, 3.63) is 71.9 Å². The molecular weight excluding hydrogens is 414 g/mol. The number of aromatic amines is 1. The number of nitrogens with one attached hydrogen (secondary N) is 3. The monoisotopic (exact) mass is 439 g/mol. The van der Waals surface area contributed by atoms with Crippen LogP contribution < -0.4 is 10.6 Å². The highest BCUT2D eigenvalue weighted by atomic mass is 16.5. The van der Waals surface area contributed by atoms with Crippen LogP contribution in [0.2, 0.25) is 0 Å². The number of amides is 2. The molecule has 9 heteroatoms. The molecule has 2 amide bonds. The molecule has 0 aliphatic rings. The molecule has 2 atom stereocenters. The first kappa shape index (κ1) is 22.8. The first-order valence-corrected chi connectivity index (χ1v) is 10.1. The van der Waals surface area contributed by atoms with Crippen molar-refractivity contribution in [2.75, 3.05) is 6.54 Å². The Morgan fingerprint density at radius 1 is 1.03 bits per heavy atom. The molecule has 0 unspecified atom stereocenters. The minimum absolute atomic E-state index is 0.0807. The topological polar surface area (TPSA) is 141 Å². The van der Waals surface area contributed by atoms with Gasteiger partial charge in [0.1, 0.15) is 12.6 Å². The predicted octanol–water partition coefficient (Wildman–Crippen LogP) is 1.96. The number of aliphatic carboxylic acids is 1. The lowest BCUT2D eigenvalue weighted by atomic mass is 10.0. The van der Waals surface area contributed by atoms with E-state index in [-0.39, 0.29) is 26.0 Å². The van der Waals surface area contributed by atoms with Gasteiger partial charge in [0.25, 0.3) is 0 Å². The third kappa shape index (κ3) is 6.58. The van der Waals surface area contributed by atoms with Crippen LogP contribution >= 0.6 is 0 Å². The summed E-state index contributed by atoms with van der Waals surface area (Å²) >= 11 is 0. The number of ether oxygens (including phenoxy) is 1.